The molecular formula is C15H19NO3. The molecule has 4 heteroatoms. The number of Topliss-reactive ketones (excluding diaryl/α,β-unsaturated/α-hetero) is 1. The van der Waals surface area contributed by atoms with Gasteiger partial charge in [-0.2, -0.15) is 0 Å². The van der Waals surface area contributed by atoms with E-state index in [-0.39, 0.29) is 5.78 Å². The monoisotopic (exact) mass is 261 g/mol. The molecule has 0 saturated carbocycles. The number of carboxylic acids is 1. The van der Waals surface area contributed by atoms with Crippen LogP contribution in [0, 0.1) is 11.8 Å². The maximum Gasteiger partial charge on any atom is 0.306 e. The highest BCUT2D eigenvalue weighted by molar-refractivity contribution is 6.00. The van der Waals surface area contributed by atoms with Gasteiger partial charge in [0.2, 0.25) is 0 Å². The largest absolute Gasteiger partial charge is 0.481 e. The van der Waals surface area contributed by atoms with Gasteiger partial charge in [-0.05, 0) is 30.2 Å². The van der Waals surface area contributed by atoms with Crippen molar-refractivity contribution in [2.75, 3.05) is 18.5 Å². The molecule has 0 saturated heterocycles. The Morgan fingerprint density at radius 2 is 1.95 bits per heavy atom. The Bertz CT molecular complexity index is 524. The van der Waals surface area contributed by atoms with E-state index >= 15 is 0 Å². The van der Waals surface area contributed by atoms with Crippen molar-refractivity contribution in [1.29, 1.82) is 0 Å². The van der Waals surface area contributed by atoms with Crippen molar-refractivity contribution in [1.82, 2.24) is 0 Å². The highest BCUT2D eigenvalue weighted by atomic mass is 16.4. The van der Waals surface area contributed by atoms with E-state index in [1.807, 2.05) is 19.2 Å². The number of rotatable bonds is 4. The van der Waals surface area contributed by atoms with E-state index < -0.39 is 17.8 Å². The summed E-state index contributed by atoms with van der Waals surface area (Å²) in [6.45, 7) is 4.22. The minimum Gasteiger partial charge on any atom is -0.481 e. The van der Waals surface area contributed by atoms with E-state index in [1.165, 1.54) is 5.56 Å². The van der Waals surface area contributed by atoms with Gasteiger partial charge in [0.25, 0.3) is 0 Å². The Morgan fingerprint density at radius 1 is 1.26 bits per heavy atom. The topological polar surface area (TPSA) is 57.6 Å². The van der Waals surface area contributed by atoms with Crippen molar-refractivity contribution >= 4 is 17.4 Å². The summed E-state index contributed by atoms with van der Waals surface area (Å²) in [7, 11) is 2.03. The van der Waals surface area contributed by atoms with Crippen LogP contribution in [-0.4, -0.2) is 30.5 Å². The van der Waals surface area contributed by atoms with Gasteiger partial charge in [-0.15, -0.1) is 0 Å². The molecule has 2 rings (SSSR count). The summed E-state index contributed by atoms with van der Waals surface area (Å²) in [6.07, 6.45) is 0.940. The number of carboxylic acid groups (broad SMARTS) is 1. The van der Waals surface area contributed by atoms with Gasteiger partial charge in [-0.1, -0.05) is 13.8 Å². The first-order valence-corrected chi connectivity index (χ1v) is 6.53. The first-order chi connectivity index (χ1) is 8.91. The van der Waals surface area contributed by atoms with Crippen molar-refractivity contribution in [3.8, 4) is 0 Å². The lowest BCUT2D eigenvalue weighted by Gasteiger charge is -2.16. The van der Waals surface area contributed by atoms with E-state index in [4.69, 9.17) is 5.11 Å². The van der Waals surface area contributed by atoms with E-state index in [0.29, 0.717) is 5.56 Å². The smallest absolute Gasteiger partial charge is 0.306 e. The minimum atomic E-state index is -0.929. The number of ketones is 1. The number of fused-ring (bicyclic) bond motifs is 1. The zero-order chi connectivity index (χ0) is 14.2. The molecule has 0 fully saturated rings. The zero-order valence-electron chi connectivity index (χ0n) is 11.5. The van der Waals surface area contributed by atoms with Crippen LogP contribution in [0.1, 0.15) is 29.8 Å². The number of benzene rings is 1. The zero-order valence-corrected chi connectivity index (χ0v) is 11.5. The van der Waals surface area contributed by atoms with Gasteiger partial charge in [-0.25, -0.2) is 0 Å². The molecule has 1 aliphatic heterocycles. The Balaban J connectivity index is 2.23. The molecule has 2 unspecified atom stereocenters. The molecule has 1 heterocycles. The molecule has 1 aromatic rings. The molecule has 0 radical (unpaired) electrons. The summed E-state index contributed by atoms with van der Waals surface area (Å²) in [6, 6.07) is 5.66. The van der Waals surface area contributed by atoms with Crippen molar-refractivity contribution < 1.29 is 14.7 Å². The standard InChI is InChI=1S/C15H19NO3/c1-9(10(2)15(18)19)14(17)12-4-5-13-11(8-12)6-7-16(13)3/h4-5,8-10H,6-7H2,1-3H3,(H,18,19). The molecule has 4 nitrogen and oxygen atoms in total. The lowest BCUT2D eigenvalue weighted by Crippen LogP contribution is -2.25. The van der Waals surface area contributed by atoms with E-state index in [1.54, 1.807) is 19.9 Å². The third-order valence-corrected chi connectivity index (χ3v) is 4.04. The first-order valence-electron chi connectivity index (χ1n) is 6.53. The number of nitrogens with zero attached hydrogens (tertiary/aromatic N) is 1. The highest BCUT2D eigenvalue weighted by Crippen LogP contribution is 2.29. The van der Waals surface area contributed by atoms with Crippen molar-refractivity contribution in [3.05, 3.63) is 29.3 Å². The van der Waals surface area contributed by atoms with Gasteiger partial charge < -0.3 is 10.0 Å². The molecule has 1 N–H and O–H groups in total. The summed E-state index contributed by atoms with van der Waals surface area (Å²) in [5, 5.41) is 8.98. The van der Waals surface area contributed by atoms with E-state index in [2.05, 4.69) is 4.90 Å². The Morgan fingerprint density at radius 3 is 2.58 bits per heavy atom. The quantitative estimate of drug-likeness (QED) is 0.844. The van der Waals surface area contributed by atoms with Gasteiger partial charge in [0, 0.05) is 30.8 Å². The van der Waals surface area contributed by atoms with Crippen LogP contribution in [0.5, 0.6) is 0 Å². The Hall–Kier alpha value is -1.84. The molecule has 0 aliphatic carbocycles. The number of hydrogen-bond acceptors (Lipinski definition) is 3. The average Bonchev–Trinajstić information content (AvgIpc) is 2.77. The van der Waals surface area contributed by atoms with E-state index in [9.17, 15) is 9.59 Å². The molecular weight excluding hydrogens is 242 g/mol. The summed E-state index contributed by atoms with van der Waals surface area (Å²) < 4.78 is 0. The predicted molar refractivity (Wildman–Crippen MR) is 73.7 cm³/mol. The molecule has 2 atom stereocenters. The molecule has 0 spiro atoms. The van der Waals surface area contributed by atoms with Gasteiger partial charge in [0.05, 0.1) is 5.92 Å². The molecule has 102 valence electrons. The lowest BCUT2D eigenvalue weighted by molar-refractivity contribution is -0.142. The normalized spacial score (nSPS) is 16.9. The van der Waals surface area contributed by atoms with Gasteiger partial charge in [0.15, 0.2) is 5.78 Å². The third kappa shape index (κ3) is 2.48. The van der Waals surface area contributed by atoms with Gasteiger partial charge in [-0.3, -0.25) is 9.59 Å². The number of likely N-dealkylation sites (N-methyl/N-ethyl adjacent to an activating group) is 1. The van der Waals surface area contributed by atoms with Crippen molar-refractivity contribution in [3.63, 3.8) is 0 Å². The molecule has 0 bridgehead atoms. The number of carbonyl (C=O) groups is 2. The van der Waals surface area contributed by atoms with Crippen LogP contribution in [0.15, 0.2) is 18.2 Å². The highest BCUT2D eigenvalue weighted by Gasteiger charge is 2.27. The molecule has 19 heavy (non-hydrogen) atoms. The number of aliphatic carboxylic acids is 1. The van der Waals surface area contributed by atoms with E-state index in [0.717, 1.165) is 18.7 Å². The number of hydrogen-bond donors (Lipinski definition) is 1. The first kappa shape index (κ1) is 13.6. The molecule has 0 amide bonds. The Kier molecular flexibility index (Phi) is 3.60. The minimum absolute atomic E-state index is 0.0905. The van der Waals surface area contributed by atoms with Crippen LogP contribution in [-0.2, 0) is 11.2 Å². The van der Waals surface area contributed by atoms with Crippen LogP contribution in [0.4, 0.5) is 5.69 Å². The third-order valence-electron chi connectivity index (χ3n) is 4.04. The fraction of sp³-hybridized carbons (Fsp3) is 0.467. The van der Waals surface area contributed by atoms with Crippen LogP contribution in [0.3, 0.4) is 0 Å². The van der Waals surface area contributed by atoms with Crippen LogP contribution in [0.25, 0.3) is 0 Å². The van der Waals surface area contributed by atoms with Crippen LogP contribution < -0.4 is 4.90 Å². The van der Waals surface area contributed by atoms with Crippen LogP contribution >= 0.6 is 0 Å². The number of carbonyl (C=O) groups excluding carboxylic acids is 1. The van der Waals surface area contributed by atoms with Gasteiger partial charge >= 0.3 is 5.97 Å². The second-order valence-electron chi connectivity index (χ2n) is 5.29. The molecule has 1 aromatic carbocycles. The number of anilines is 1. The maximum atomic E-state index is 12.3. The summed E-state index contributed by atoms with van der Waals surface area (Å²) in [5.41, 5.74) is 2.95. The van der Waals surface area contributed by atoms with Crippen molar-refractivity contribution in [2.45, 2.75) is 20.3 Å². The average molecular weight is 261 g/mol. The second-order valence-corrected chi connectivity index (χ2v) is 5.29. The summed E-state index contributed by atoms with van der Waals surface area (Å²) in [4.78, 5) is 25.4. The SMILES string of the molecule is CC(C(=O)O)C(C)C(=O)c1ccc2c(c1)CCN2C. The fourth-order valence-corrected chi connectivity index (χ4v) is 2.42. The van der Waals surface area contributed by atoms with Gasteiger partial charge in [0.1, 0.15) is 0 Å². The lowest BCUT2D eigenvalue weighted by atomic mass is 9.88. The van der Waals surface area contributed by atoms with Crippen LogP contribution in [0.2, 0.25) is 0 Å². The molecule has 1 aliphatic rings. The Labute approximate surface area is 113 Å². The fourth-order valence-electron chi connectivity index (χ4n) is 2.42. The predicted octanol–water partition coefficient (Wildman–Crippen LogP) is 2.22. The second kappa shape index (κ2) is 5.03. The maximum absolute atomic E-state index is 12.3. The molecule has 0 aromatic heterocycles. The van der Waals surface area contributed by atoms with Crippen molar-refractivity contribution in [2.24, 2.45) is 11.8 Å². The summed E-state index contributed by atoms with van der Waals surface area (Å²) in [5.74, 6) is -2.19. The summed E-state index contributed by atoms with van der Waals surface area (Å²) >= 11 is 0.